The predicted octanol–water partition coefficient (Wildman–Crippen LogP) is 3.66. The molecule has 3 nitrogen and oxygen atoms in total. The molecule has 0 saturated carbocycles. The first kappa shape index (κ1) is 14.2. The van der Waals surface area contributed by atoms with Crippen LogP contribution in [0.25, 0.3) is 11.3 Å². The number of benzene rings is 1. The second-order valence-corrected chi connectivity index (χ2v) is 6.22. The highest BCUT2D eigenvalue weighted by atomic mass is 35.5. The molecule has 6 heteroatoms. The van der Waals surface area contributed by atoms with Gasteiger partial charge in [0.1, 0.15) is 11.5 Å². The maximum atomic E-state index is 14.0. The fraction of sp³-hybridized carbons (Fsp3) is 0.308. The third-order valence-electron chi connectivity index (χ3n) is 2.74. The van der Waals surface area contributed by atoms with E-state index in [0.29, 0.717) is 10.6 Å². The summed E-state index contributed by atoms with van der Waals surface area (Å²) in [7, 11) is -1.26. The molecule has 1 aromatic carbocycles. The number of halogens is 2. The van der Waals surface area contributed by atoms with Crippen LogP contribution in [0, 0.1) is 5.82 Å². The maximum absolute atomic E-state index is 14.0. The predicted molar refractivity (Wildman–Crippen MR) is 75.3 cm³/mol. The molecule has 1 heterocycles. The van der Waals surface area contributed by atoms with Gasteiger partial charge in [-0.25, -0.2) is 4.39 Å². The van der Waals surface area contributed by atoms with E-state index in [-0.39, 0.29) is 16.6 Å². The van der Waals surface area contributed by atoms with E-state index in [4.69, 9.17) is 11.6 Å². The van der Waals surface area contributed by atoms with E-state index in [2.05, 4.69) is 5.10 Å². The molecule has 0 saturated heterocycles. The van der Waals surface area contributed by atoms with Crippen molar-refractivity contribution in [2.45, 2.75) is 24.8 Å². The summed E-state index contributed by atoms with van der Waals surface area (Å²) in [5.41, 5.74) is 0.548. The number of aromatic nitrogens is 2. The van der Waals surface area contributed by atoms with E-state index in [9.17, 15) is 8.60 Å². The maximum Gasteiger partial charge on any atom is 0.134 e. The van der Waals surface area contributed by atoms with Gasteiger partial charge in [-0.3, -0.25) is 8.89 Å². The third kappa shape index (κ3) is 2.72. The molecule has 0 aliphatic heterocycles. The highest BCUT2D eigenvalue weighted by molar-refractivity contribution is 7.84. The molecule has 0 aliphatic rings. The zero-order valence-corrected chi connectivity index (χ0v) is 12.4. The van der Waals surface area contributed by atoms with Crippen molar-refractivity contribution in [3.8, 4) is 11.3 Å². The molecule has 0 aliphatic carbocycles. The Bertz CT molecular complexity index is 619. The molecule has 19 heavy (non-hydrogen) atoms. The quantitative estimate of drug-likeness (QED) is 0.867. The lowest BCUT2D eigenvalue weighted by Crippen LogP contribution is -2.01. The summed E-state index contributed by atoms with van der Waals surface area (Å²) < 4.78 is 27.4. The summed E-state index contributed by atoms with van der Waals surface area (Å²) in [5.74, 6) is -0.465. The Kier molecular flexibility index (Phi) is 4.06. The van der Waals surface area contributed by atoms with Crippen molar-refractivity contribution >= 4 is 22.4 Å². The molecular formula is C13H14ClFN2OS. The second-order valence-electron chi connectivity index (χ2n) is 4.47. The monoisotopic (exact) mass is 300 g/mol. The lowest BCUT2D eigenvalue weighted by Gasteiger charge is -2.05. The van der Waals surface area contributed by atoms with Gasteiger partial charge in [0, 0.05) is 18.5 Å². The largest absolute Gasteiger partial charge is 0.268 e. The molecule has 1 aromatic heterocycles. The number of rotatable bonds is 3. The molecule has 0 radical (unpaired) electrons. The van der Waals surface area contributed by atoms with Crippen LogP contribution in [0.5, 0.6) is 0 Å². The van der Waals surface area contributed by atoms with Crippen molar-refractivity contribution in [3.05, 3.63) is 35.2 Å². The molecule has 0 spiro atoms. The van der Waals surface area contributed by atoms with E-state index in [1.807, 2.05) is 13.8 Å². The standard InChI is InChI=1S/C13H14ClFN2OS/c1-8(2)17-7-11(19(3)18)13(16-17)12-9(14)5-4-6-10(12)15/h4-8H,1-3H3. The number of hydrogen-bond acceptors (Lipinski definition) is 2. The van der Waals surface area contributed by atoms with Gasteiger partial charge in [0.05, 0.1) is 26.3 Å². The van der Waals surface area contributed by atoms with Crippen LogP contribution in [-0.2, 0) is 10.8 Å². The van der Waals surface area contributed by atoms with Crippen LogP contribution in [0.3, 0.4) is 0 Å². The zero-order valence-electron chi connectivity index (χ0n) is 10.9. The lowest BCUT2D eigenvalue weighted by atomic mass is 10.1. The van der Waals surface area contributed by atoms with Gasteiger partial charge >= 0.3 is 0 Å². The average Bonchev–Trinajstić information content (AvgIpc) is 2.73. The molecule has 102 valence electrons. The van der Waals surface area contributed by atoms with E-state index in [1.54, 1.807) is 23.2 Å². The van der Waals surface area contributed by atoms with Crippen LogP contribution in [0.15, 0.2) is 29.3 Å². The first-order valence-corrected chi connectivity index (χ1v) is 7.72. The van der Waals surface area contributed by atoms with Crippen LogP contribution in [-0.4, -0.2) is 20.2 Å². The normalized spacial score (nSPS) is 12.9. The summed E-state index contributed by atoms with van der Waals surface area (Å²) in [4.78, 5) is 0.487. The SMILES string of the molecule is CC(C)n1cc(S(C)=O)c(-c2c(F)cccc2Cl)n1. The van der Waals surface area contributed by atoms with E-state index in [1.165, 1.54) is 12.1 Å². The van der Waals surface area contributed by atoms with Crippen LogP contribution < -0.4 is 0 Å². The van der Waals surface area contributed by atoms with Gasteiger partial charge in [-0.05, 0) is 26.0 Å². The Balaban J connectivity index is 2.71. The molecule has 1 atom stereocenters. The smallest absolute Gasteiger partial charge is 0.134 e. The summed E-state index contributed by atoms with van der Waals surface area (Å²) in [6.07, 6.45) is 3.22. The summed E-state index contributed by atoms with van der Waals surface area (Å²) in [6.45, 7) is 3.89. The zero-order chi connectivity index (χ0) is 14.2. The molecule has 1 unspecified atom stereocenters. The first-order chi connectivity index (χ1) is 8.91. The minimum Gasteiger partial charge on any atom is -0.268 e. The van der Waals surface area contributed by atoms with E-state index >= 15 is 0 Å². The van der Waals surface area contributed by atoms with Crippen molar-refractivity contribution in [1.82, 2.24) is 9.78 Å². The van der Waals surface area contributed by atoms with Gasteiger partial charge in [-0.2, -0.15) is 5.10 Å². The topological polar surface area (TPSA) is 34.9 Å². The molecule has 0 N–H and O–H groups in total. The van der Waals surface area contributed by atoms with Gasteiger partial charge in [-0.15, -0.1) is 0 Å². The fourth-order valence-corrected chi connectivity index (χ4v) is 2.67. The van der Waals surface area contributed by atoms with Crippen LogP contribution in [0.1, 0.15) is 19.9 Å². The van der Waals surface area contributed by atoms with Gasteiger partial charge in [-0.1, -0.05) is 17.7 Å². The van der Waals surface area contributed by atoms with Crippen LogP contribution in [0.4, 0.5) is 4.39 Å². The van der Waals surface area contributed by atoms with E-state index in [0.717, 1.165) is 0 Å². The van der Waals surface area contributed by atoms with Crippen molar-refractivity contribution < 1.29 is 8.60 Å². The summed E-state index contributed by atoms with van der Waals surface area (Å²) >= 11 is 6.04. The highest BCUT2D eigenvalue weighted by Crippen LogP contribution is 2.33. The summed E-state index contributed by atoms with van der Waals surface area (Å²) in [6, 6.07) is 4.54. The van der Waals surface area contributed by atoms with E-state index < -0.39 is 16.6 Å². The Labute approximate surface area is 118 Å². The Morgan fingerprint density at radius 1 is 1.42 bits per heavy atom. The fourth-order valence-electron chi connectivity index (χ4n) is 1.75. The third-order valence-corrected chi connectivity index (χ3v) is 3.97. The molecule has 0 bridgehead atoms. The van der Waals surface area contributed by atoms with Gasteiger partial charge in [0.15, 0.2) is 0 Å². The molecule has 2 aromatic rings. The minimum atomic E-state index is -1.26. The van der Waals surface area contributed by atoms with Crippen molar-refractivity contribution in [2.24, 2.45) is 0 Å². The van der Waals surface area contributed by atoms with Crippen molar-refractivity contribution in [2.75, 3.05) is 6.26 Å². The highest BCUT2D eigenvalue weighted by Gasteiger charge is 2.20. The van der Waals surface area contributed by atoms with Gasteiger partial charge < -0.3 is 0 Å². The summed E-state index contributed by atoms with van der Waals surface area (Å²) in [5, 5.41) is 4.59. The number of hydrogen-bond donors (Lipinski definition) is 0. The van der Waals surface area contributed by atoms with Crippen LogP contribution >= 0.6 is 11.6 Å². The van der Waals surface area contributed by atoms with Crippen LogP contribution in [0.2, 0.25) is 5.02 Å². The first-order valence-electron chi connectivity index (χ1n) is 5.78. The molecular weight excluding hydrogens is 287 g/mol. The molecule has 0 amide bonds. The Morgan fingerprint density at radius 3 is 2.63 bits per heavy atom. The lowest BCUT2D eigenvalue weighted by molar-refractivity contribution is 0.532. The molecule has 2 rings (SSSR count). The Morgan fingerprint density at radius 2 is 2.11 bits per heavy atom. The number of nitrogens with zero attached hydrogens (tertiary/aromatic N) is 2. The average molecular weight is 301 g/mol. The second kappa shape index (κ2) is 5.43. The molecule has 0 fully saturated rings. The van der Waals surface area contributed by atoms with Gasteiger partial charge in [0.25, 0.3) is 0 Å². The van der Waals surface area contributed by atoms with Crippen molar-refractivity contribution in [1.29, 1.82) is 0 Å². The minimum absolute atomic E-state index is 0.0987. The van der Waals surface area contributed by atoms with Crippen molar-refractivity contribution in [3.63, 3.8) is 0 Å². The van der Waals surface area contributed by atoms with Gasteiger partial charge in [0.2, 0.25) is 0 Å². The Hall–Kier alpha value is -1.20.